The summed E-state index contributed by atoms with van der Waals surface area (Å²) in [6.45, 7) is 2.72. The first-order chi connectivity index (χ1) is 6.43. The summed E-state index contributed by atoms with van der Waals surface area (Å²) < 4.78 is 0. The fraction of sp³-hybridized carbons (Fsp3) is 0.500. The van der Waals surface area contributed by atoms with Crippen LogP contribution in [0.15, 0.2) is 30.3 Å². The van der Waals surface area contributed by atoms with Crippen molar-refractivity contribution < 1.29 is 0 Å². The standard InChI is InChI=1S/C12H15N/c1-2-4-10(5-3-1)8-12-11-6-7-13(12)9-11/h1-5,11-12H,6-9H2. The summed E-state index contributed by atoms with van der Waals surface area (Å²) in [4.78, 5) is 2.62. The normalized spacial score (nSPS) is 35.8. The minimum atomic E-state index is 0.877. The van der Waals surface area contributed by atoms with Gasteiger partial charge in [-0.15, -0.1) is 0 Å². The van der Waals surface area contributed by atoms with Crippen LogP contribution in [0, 0.1) is 5.92 Å². The van der Waals surface area contributed by atoms with Crippen molar-refractivity contribution >= 4 is 0 Å². The first kappa shape index (κ1) is 7.57. The fourth-order valence-electron chi connectivity index (χ4n) is 2.74. The van der Waals surface area contributed by atoms with Crippen LogP contribution in [0.3, 0.4) is 0 Å². The largest absolute Gasteiger partial charge is 0.299 e. The van der Waals surface area contributed by atoms with Gasteiger partial charge in [0.25, 0.3) is 0 Å². The molecule has 0 amide bonds. The number of hydrogen-bond donors (Lipinski definition) is 0. The molecule has 68 valence electrons. The lowest BCUT2D eigenvalue weighted by Crippen LogP contribution is -2.48. The van der Waals surface area contributed by atoms with Crippen LogP contribution in [0.4, 0.5) is 0 Å². The number of hydrogen-bond acceptors (Lipinski definition) is 1. The molecule has 3 saturated heterocycles. The molecule has 0 spiro atoms. The van der Waals surface area contributed by atoms with Crippen LogP contribution >= 0.6 is 0 Å². The number of fused-ring (bicyclic) bond motifs is 1. The number of nitrogens with zero attached hydrogens (tertiary/aromatic N) is 1. The molecule has 13 heavy (non-hydrogen) atoms. The summed E-state index contributed by atoms with van der Waals surface area (Å²) in [6, 6.07) is 11.8. The molecule has 0 saturated carbocycles. The molecule has 1 nitrogen and oxygen atoms in total. The van der Waals surface area contributed by atoms with Crippen LogP contribution in [-0.4, -0.2) is 24.0 Å². The molecule has 0 aromatic heterocycles. The molecule has 3 atom stereocenters. The highest BCUT2D eigenvalue weighted by molar-refractivity contribution is 5.18. The topological polar surface area (TPSA) is 3.24 Å². The molecule has 1 heteroatoms. The predicted octanol–water partition coefficient (Wildman–Crippen LogP) is 1.93. The third kappa shape index (κ3) is 1.19. The smallest absolute Gasteiger partial charge is 0.0177 e. The van der Waals surface area contributed by atoms with Gasteiger partial charge in [0, 0.05) is 12.6 Å². The first-order valence-electron chi connectivity index (χ1n) is 5.21. The zero-order valence-electron chi connectivity index (χ0n) is 7.82. The Labute approximate surface area is 79.4 Å². The Morgan fingerprint density at radius 1 is 1.23 bits per heavy atom. The maximum absolute atomic E-state index is 2.62. The molecule has 3 unspecified atom stereocenters. The maximum atomic E-state index is 2.62. The van der Waals surface area contributed by atoms with Crippen molar-refractivity contribution in [3.05, 3.63) is 35.9 Å². The van der Waals surface area contributed by atoms with Gasteiger partial charge in [0.05, 0.1) is 0 Å². The minimum Gasteiger partial charge on any atom is -0.299 e. The molecule has 0 radical (unpaired) electrons. The summed E-state index contributed by atoms with van der Waals surface area (Å²) in [7, 11) is 0. The molecule has 4 rings (SSSR count). The van der Waals surface area contributed by atoms with Crippen LogP contribution in [0.2, 0.25) is 0 Å². The van der Waals surface area contributed by atoms with E-state index in [0.717, 1.165) is 12.0 Å². The zero-order chi connectivity index (χ0) is 8.67. The van der Waals surface area contributed by atoms with Gasteiger partial charge in [-0.2, -0.15) is 0 Å². The lowest BCUT2D eigenvalue weighted by Gasteiger charge is -2.39. The molecule has 3 aliphatic heterocycles. The van der Waals surface area contributed by atoms with Gasteiger partial charge in [-0.25, -0.2) is 0 Å². The van der Waals surface area contributed by atoms with Crippen LogP contribution in [0.25, 0.3) is 0 Å². The number of benzene rings is 1. The monoisotopic (exact) mass is 173 g/mol. The highest BCUT2D eigenvalue weighted by Gasteiger charge is 2.43. The Bertz CT molecular complexity index is 279. The van der Waals surface area contributed by atoms with E-state index in [1.165, 1.54) is 31.5 Å². The van der Waals surface area contributed by atoms with Gasteiger partial charge < -0.3 is 0 Å². The quantitative estimate of drug-likeness (QED) is 0.660. The molecule has 1 aromatic carbocycles. The molecule has 3 heterocycles. The predicted molar refractivity (Wildman–Crippen MR) is 53.6 cm³/mol. The van der Waals surface area contributed by atoms with Crippen LogP contribution < -0.4 is 0 Å². The van der Waals surface area contributed by atoms with Crippen molar-refractivity contribution in [3.8, 4) is 0 Å². The summed E-state index contributed by atoms with van der Waals surface area (Å²) >= 11 is 0. The second-order valence-electron chi connectivity index (χ2n) is 4.30. The Morgan fingerprint density at radius 3 is 2.69 bits per heavy atom. The Kier molecular flexibility index (Phi) is 1.66. The van der Waals surface area contributed by atoms with E-state index in [2.05, 4.69) is 35.2 Å². The second kappa shape index (κ2) is 2.85. The Morgan fingerprint density at radius 2 is 2.08 bits per heavy atom. The molecule has 1 aromatic rings. The van der Waals surface area contributed by atoms with E-state index in [1.54, 1.807) is 0 Å². The van der Waals surface area contributed by atoms with E-state index in [0.29, 0.717) is 0 Å². The van der Waals surface area contributed by atoms with E-state index in [9.17, 15) is 0 Å². The highest BCUT2D eigenvalue weighted by atomic mass is 15.3. The van der Waals surface area contributed by atoms with Gasteiger partial charge in [-0.3, -0.25) is 4.90 Å². The summed E-state index contributed by atoms with van der Waals surface area (Å²) in [5.41, 5.74) is 1.50. The molecule has 2 bridgehead atoms. The van der Waals surface area contributed by atoms with Gasteiger partial charge in [-0.1, -0.05) is 30.3 Å². The van der Waals surface area contributed by atoms with Crippen molar-refractivity contribution in [2.75, 3.05) is 13.1 Å². The van der Waals surface area contributed by atoms with E-state index in [4.69, 9.17) is 0 Å². The first-order valence-corrected chi connectivity index (χ1v) is 5.21. The maximum Gasteiger partial charge on any atom is 0.0177 e. The molecule has 0 N–H and O–H groups in total. The average molecular weight is 173 g/mol. The van der Waals surface area contributed by atoms with Crippen molar-refractivity contribution in [2.45, 2.75) is 18.9 Å². The lowest BCUT2D eigenvalue weighted by molar-refractivity contribution is 0.107. The van der Waals surface area contributed by atoms with E-state index < -0.39 is 0 Å². The third-order valence-electron chi connectivity index (χ3n) is 3.56. The van der Waals surface area contributed by atoms with Crippen LogP contribution in [-0.2, 0) is 6.42 Å². The summed E-state index contributed by atoms with van der Waals surface area (Å²) in [5.74, 6) is 1.01. The molecular formula is C12H15N. The molecular weight excluding hydrogens is 158 g/mol. The Hall–Kier alpha value is -0.820. The van der Waals surface area contributed by atoms with Crippen LogP contribution in [0.1, 0.15) is 12.0 Å². The van der Waals surface area contributed by atoms with Crippen molar-refractivity contribution in [1.29, 1.82) is 0 Å². The fourth-order valence-corrected chi connectivity index (χ4v) is 2.74. The Balaban J connectivity index is 1.71. The van der Waals surface area contributed by atoms with Gasteiger partial charge in [0.1, 0.15) is 0 Å². The van der Waals surface area contributed by atoms with Gasteiger partial charge >= 0.3 is 0 Å². The van der Waals surface area contributed by atoms with Crippen molar-refractivity contribution in [3.63, 3.8) is 0 Å². The average Bonchev–Trinajstić information content (AvgIpc) is 2.77. The molecule has 3 fully saturated rings. The molecule has 3 aliphatic rings. The lowest BCUT2D eigenvalue weighted by atomic mass is 9.88. The van der Waals surface area contributed by atoms with E-state index >= 15 is 0 Å². The molecule has 0 aliphatic carbocycles. The number of rotatable bonds is 2. The van der Waals surface area contributed by atoms with Crippen LogP contribution in [0.5, 0.6) is 0 Å². The second-order valence-corrected chi connectivity index (χ2v) is 4.30. The SMILES string of the molecule is c1ccc(CC2C3CCN2C3)cc1. The van der Waals surface area contributed by atoms with E-state index in [-0.39, 0.29) is 0 Å². The summed E-state index contributed by atoms with van der Waals surface area (Å²) in [6.07, 6.45) is 2.71. The van der Waals surface area contributed by atoms with Crippen molar-refractivity contribution in [1.82, 2.24) is 4.90 Å². The van der Waals surface area contributed by atoms with E-state index in [1.807, 2.05) is 0 Å². The van der Waals surface area contributed by atoms with Gasteiger partial charge in [-0.05, 0) is 30.9 Å². The minimum absolute atomic E-state index is 0.877. The van der Waals surface area contributed by atoms with Gasteiger partial charge in [0.2, 0.25) is 0 Å². The summed E-state index contributed by atoms with van der Waals surface area (Å²) in [5, 5.41) is 0. The highest BCUT2D eigenvalue weighted by Crippen LogP contribution is 2.37. The van der Waals surface area contributed by atoms with Gasteiger partial charge in [0.15, 0.2) is 0 Å². The van der Waals surface area contributed by atoms with Crippen molar-refractivity contribution in [2.24, 2.45) is 5.92 Å². The zero-order valence-corrected chi connectivity index (χ0v) is 7.82. The third-order valence-corrected chi connectivity index (χ3v) is 3.56.